The van der Waals surface area contributed by atoms with Gasteiger partial charge in [-0.15, -0.1) is 0 Å². The Morgan fingerprint density at radius 1 is 0.456 bits per heavy atom. The van der Waals surface area contributed by atoms with Crippen LogP contribution in [0.25, 0.3) is 16.9 Å². The Balaban J connectivity index is 0.000000119. The van der Waals surface area contributed by atoms with Crippen molar-refractivity contribution in [3.05, 3.63) is 190 Å². The molecule has 13 heteroatoms. The van der Waals surface area contributed by atoms with E-state index < -0.39 is 24.4 Å². The Bertz CT molecular complexity index is 3160. The molecule has 3 aliphatic rings. The van der Waals surface area contributed by atoms with Gasteiger partial charge in [0.1, 0.15) is 24.1 Å². The first-order valence-electron chi connectivity index (χ1n) is 23.2. The van der Waals surface area contributed by atoms with Crippen molar-refractivity contribution in [3.8, 4) is 17.2 Å². The number of benzene rings is 3. The number of nitrogen functional groups attached to an aromatic ring is 1. The van der Waals surface area contributed by atoms with Gasteiger partial charge in [-0.3, -0.25) is 4.40 Å². The maximum atomic E-state index is 10.6. The van der Waals surface area contributed by atoms with Crippen LogP contribution in [0.3, 0.4) is 0 Å². The fourth-order valence-electron chi connectivity index (χ4n) is 10.1. The number of hydrogen-bond acceptors (Lipinski definition) is 10. The van der Waals surface area contributed by atoms with Crippen molar-refractivity contribution in [1.29, 1.82) is 0 Å². The standard InChI is InChI=1S/C19H20N2O2.C18H19N3O2.C18H18N2O2/c1-11-14-7-4-5-8-15(14)18(17(11)22)23-16-9-6-10-21-13(3)12(2)20-19(16)21;1-10-12-6-3-4-7-13(12)16(15(10)22)23-14-8-5-9-21-17(19)11(2)20-18(14)21;1-11-10-20-9-5-8-15(18(20)19-11)22-17-14-7-4-3-6-13(14)12(2)16(17)21/h4-11,17-18,22H,1-3H3;3-10,15-16,22H,19H2,1-2H3;3-10,12,16-17,21H,1-2H3. The molecule has 0 aliphatic heterocycles. The minimum Gasteiger partial charge on any atom is -0.479 e. The van der Waals surface area contributed by atoms with Gasteiger partial charge in [0.05, 0.1) is 17.1 Å². The molecule has 0 amide bonds. The Labute approximate surface area is 395 Å². The summed E-state index contributed by atoms with van der Waals surface area (Å²) in [6.07, 6.45) is 4.97. The zero-order valence-corrected chi connectivity index (χ0v) is 39.2. The van der Waals surface area contributed by atoms with Crippen LogP contribution in [-0.2, 0) is 0 Å². The second-order valence-corrected chi connectivity index (χ2v) is 18.3. The van der Waals surface area contributed by atoms with Crippen molar-refractivity contribution in [2.75, 3.05) is 5.73 Å². The van der Waals surface area contributed by atoms with Crippen LogP contribution in [0.4, 0.5) is 5.82 Å². The largest absolute Gasteiger partial charge is 0.479 e. The molecule has 6 aromatic heterocycles. The highest BCUT2D eigenvalue weighted by Crippen LogP contribution is 2.46. The molecular weight excluding hydrogens is 855 g/mol. The lowest BCUT2D eigenvalue weighted by Gasteiger charge is -2.20. The molecule has 0 bridgehead atoms. The second kappa shape index (κ2) is 17.8. The van der Waals surface area contributed by atoms with E-state index in [1.807, 2.05) is 179 Å². The van der Waals surface area contributed by atoms with E-state index in [9.17, 15) is 15.3 Å². The van der Waals surface area contributed by atoms with Gasteiger partial charge in [-0.2, -0.15) is 0 Å². The number of nitrogens with two attached hydrogens (primary N) is 1. The van der Waals surface area contributed by atoms with Gasteiger partial charge in [0, 0.05) is 48.2 Å². The smallest absolute Gasteiger partial charge is 0.181 e. The van der Waals surface area contributed by atoms with E-state index >= 15 is 0 Å². The molecule has 0 spiro atoms. The third-order valence-corrected chi connectivity index (χ3v) is 14.1. The first-order chi connectivity index (χ1) is 32.8. The van der Waals surface area contributed by atoms with Gasteiger partial charge >= 0.3 is 0 Å². The van der Waals surface area contributed by atoms with Crippen LogP contribution in [-0.4, -0.2) is 61.8 Å². The summed E-state index contributed by atoms with van der Waals surface area (Å²) in [6, 6.07) is 35.6. The molecule has 12 rings (SSSR count). The van der Waals surface area contributed by atoms with Crippen molar-refractivity contribution in [2.24, 2.45) is 0 Å². The van der Waals surface area contributed by atoms with Crippen molar-refractivity contribution in [1.82, 2.24) is 28.2 Å². The Kier molecular flexibility index (Phi) is 11.7. The maximum absolute atomic E-state index is 10.6. The predicted molar refractivity (Wildman–Crippen MR) is 262 cm³/mol. The number of anilines is 1. The number of ether oxygens (including phenoxy) is 3. The minimum atomic E-state index is -0.582. The van der Waals surface area contributed by atoms with Gasteiger partial charge < -0.3 is 44.1 Å². The lowest BCUT2D eigenvalue weighted by atomic mass is 10.0. The molecular formula is C55H57N7O6. The molecule has 5 N–H and O–H groups in total. The lowest BCUT2D eigenvalue weighted by Crippen LogP contribution is -2.21. The number of rotatable bonds is 6. The molecule has 3 aromatic carbocycles. The number of imidazole rings is 3. The van der Waals surface area contributed by atoms with E-state index in [1.165, 1.54) is 0 Å². The summed E-state index contributed by atoms with van der Waals surface area (Å²) in [5, 5.41) is 31.8. The molecule has 9 unspecified atom stereocenters. The van der Waals surface area contributed by atoms with Crippen molar-refractivity contribution < 1.29 is 29.5 Å². The molecule has 0 saturated carbocycles. The summed E-state index contributed by atoms with van der Waals surface area (Å²) in [5.74, 6) is 2.82. The van der Waals surface area contributed by atoms with Crippen LogP contribution < -0.4 is 19.9 Å². The third kappa shape index (κ3) is 7.70. The molecule has 3 aliphatic carbocycles. The lowest BCUT2D eigenvalue weighted by molar-refractivity contribution is 0.0367. The summed E-state index contributed by atoms with van der Waals surface area (Å²) in [4.78, 5) is 13.6. The maximum Gasteiger partial charge on any atom is 0.181 e. The predicted octanol–water partition coefficient (Wildman–Crippen LogP) is 9.61. The van der Waals surface area contributed by atoms with Crippen LogP contribution in [0.15, 0.2) is 134 Å². The Morgan fingerprint density at radius 3 is 1.31 bits per heavy atom. The average Bonchev–Trinajstić information content (AvgIpc) is 4.14. The van der Waals surface area contributed by atoms with Crippen molar-refractivity contribution in [3.63, 3.8) is 0 Å². The summed E-state index contributed by atoms with van der Waals surface area (Å²) >= 11 is 0. The molecule has 0 fully saturated rings. The van der Waals surface area contributed by atoms with E-state index in [-0.39, 0.29) is 30.0 Å². The normalized spacial score (nSPS) is 23.4. The van der Waals surface area contributed by atoms with Crippen LogP contribution in [0, 0.1) is 27.7 Å². The van der Waals surface area contributed by atoms with Crippen LogP contribution >= 0.6 is 0 Å². The van der Waals surface area contributed by atoms with E-state index in [4.69, 9.17) is 19.9 Å². The summed E-state index contributed by atoms with van der Waals surface area (Å²) in [5.41, 5.74) is 18.7. The molecule has 9 aromatic rings. The number of aliphatic hydroxyl groups is 3. The van der Waals surface area contributed by atoms with Gasteiger partial charge in [0.25, 0.3) is 0 Å². The number of fused-ring (bicyclic) bond motifs is 6. The SMILES string of the molecule is Cc1cn2cccc(OC3c4ccccc4C(C)C3O)c2n1.Cc1nc2c(OC3c4ccccc4C(C)C3O)cccn2c1C.Cc1nc2c(OC3c4ccccc4C(C)C3O)cccn2c1N. The minimum absolute atomic E-state index is 0.0440. The number of hydrogen-bond donors (Lipinski definition) is 4. The van der Waals surface area contributed by atoms with Gasteiger partial charge in [0.15, 0.2) is 52.5 Å². The van der Waals surface area contributed by atoms with Crippen molar-refractivity contribution in [2.45, 2.75) is 103 Å². The molecule has 6 heterocycles. The molecule has 0 saturated heterocycles. The number of aromatic nitrogens is 6. The number of aliphatic hydroxyl groups excluding tert-OH is 3. The Hall–Kier alpha value is -7.19. The number of nitrogens with zero attached hydrogens (tertiary/aromatic N) is 6. The van der Waals surface area contributed by atoms with Gasteiger partial charge in [0.2, 0.25) is 0 Å². The summed E-state index contributed by atoms with van der Waals surface area (Å²) in [6.45, 7) is 14.0. The quantitative estimate of drug-likeness (QED) is 0.126. The highest BCUT2D eigenvalue weighted by atomic mass is 16.5. The number of pyridine rings is 3. The van der Waals surface area contributed by atoms with E-state index in [1.54, 1.807) is 4.40 Å². The van der Waals surface area contributed by atoms with Crippen LogP contribution in [0.5, 0.6) is 17.2 Å². The van der Waals surface area contributed by atoms with Crippen LogP contribution in [0.2, 0.25) is 0 Å². The third-order valence-electron chi connectivity index (χ3n) is 14.1. The topological polar surface area (TPSA) is 166 Å². The zero-order valence-electron chi connectivity index (χ0n) is 39.2. The second-order valence-electron chi connectivity index (χ2n) is 18.3. The summed E-state index contributed by atoms with van der Waals surface area (Å²) < 4.78 is 24.4. The monoisotopic (exact) mass is 911 g/mol. The van der Waals surface area contributed by atoms with E-state index in [0.717, 1.165) is 67.5 Å². The fraction of sp³-hybridized carbons (Fsp3) is 0.291. The first-order valence-corrected chi connectivity index (χ1v) is 23.2. The molecule has 13 nitrogen and oxygen atoms in total. The molecule has 68 heavy (non-hydrogen) atoms. The summed E-state index contributed by atoms with van der Waals surface area (Å²) in [7, 11) is 0. The average molecular weight is 912 g/mol. The van der Waals surface area contributed by atoms with Gasteiger partial charge in [-0.1, -0.05) is 93.6 Å². The molecule has 0 radical (unpaired) electrons. The molecule has 9 atom stereocenters. The van der Waals surface area contributed by atoms with E-state index in [0.29, 0.717) is 28.7 Å². The highest BCUT2D eigenvalue weighted by Gasteiger charge is 2.41. The Morgan fingerprint density at radius 2 is 0.838 bits per heavy atom. The van der Waals surface area contributed by atoms with Gasteiger partial charge in [-0.25, -0.2) is 15.0 Å². The van der Waals surface area contributed by atoms with E-state index in [2.05, 4.69) is 27.1 Å². The van der Waals surface area contributed by atoms with Crippen molar-refractivity contribution >= 4 is 22.8 Å². The zero-order chi connectivity index (χ0) is 47.5. The van der Waals surface area contributed by atoms with Gasteiger partial charge in [-0.05, 0) is 97.5 Å². The van der Waals surface area contributed by atoms with Crippen LogP contribution in [0.1, 0.15) is 113 Å². The fourth-order valence-corrected chi connectivity index (χ4v) is 10.1. The molecule has 348 valence electrons. The first kappa shape index (κ1) is 44.6. The number of aryl methyl sites for hydroxylation is 4. The highest BCUT2D eigenvalue weighted by molar-refractivity contribution is 5.62.